The number of halogens is 2. The number of carbonyl (C=O) groups is 1. The molecule has 1 saturated heterocycles. The molecule has 154 valence electrons. The maximum Gasteiger partial charge on any atom is 0.251 e. The lowest BCUT2D eigenvalue weighted by molar-refractivity contribution is -0.0643. The first kappa shape index (κ1) is 20.2. The molecule has 1 heterocycles. The summed E-state index contributed by atoms with van der Waals surface area (Å²) in [6, 6.07) is 19.7. The first-order valence-corrected chi connectivity index (χ1v) is 10.0. The SMILES string of the molecule is Cc1ccc(C(=O)NC2C[C@@H](c3ccc(F)cc3)O[C@@H](c3ccc(F)cc3)C2)cc1. The monoisotopic (exact) mass is 407 g/mol. The summed E-state index contributed by atoms with van der Waals surface area (Å²) in [6.07, 6.45) is 0.525. The van der Waals surface area contributed by atoms with Crippen molar-refractivity contribution in [1.82, 2.24) is 5.32 Å². The number of rotatable bonds is 4. The predicted octanol–water partition coefficient (Wildman–Crippen LogP) is 5.66. The van der Waals surface area contributed by atoms with Crippen molar-refractivity contribution in [1.29, 1.82) is 0 Å². The van der Waals surface area contributed by atoms with Crippen molar-refractivity contribution in [2.75, 3.05) is 0 Å². The standard InChI is InChI=1S/C25H23F2NO2/c1-16-2-4-19(5-3-16)25(29)28-22-14-23(17-6-10-20(26)11-7-17)30-24(15-22)18-8-12-21(27)13-9-18/h2-13,22-24H,14-15H2,1H3,(H,28,29)/t22?,23-,24+. The molecule has 1 N–H and O–H groups in total. The molecule has 3 nitrogen and oxygen atoms in total. The molecule has 1 fully saturated rings. The highest BCUT2D eigenvalue weighted by Crippen LogP contribution is 2.39. The minimum absolute atomic E-state index is 0.141. The van der Waals surface area contributed by atoms with E-state index in [9.17, 15) is 13.6 Å². The van der Waals surface area contributed by atoms with Crippen LogP contribution in [0.2, 0.25) is 0 Å². The average molecular weight is 407 g/mol. The molecule has 0 saturated carbocycles. The van der Waals surface area contributed by atoms with Crippen molar-refractivity contribution in [2.45, 2.75) is 38.0 Å². The fourth-order valence-corrected chi connectivity index (χ4v) is 3.80. The van der Waals surface area contributed by atoms with E-state index in [4.69, 9.17) is 4.74 Å². The van der Waals surface area contributed by atoms with Gasteiger partial charge in [-0.25, -0.2) is 8.78 Å². The Morgan fingerprint density at radius 1 is 0.800 bits per heavy atom. The van der Waals surface area contributed by atoms with Gasteiger partial charge in [-0.2, -0.15) is 0 Å². The molecule has 3 aromatic rings. The summed E-state index contributed by atoms with van der Waals surface area (Å²) in [7, 11) is 0. The van der Waals surface area contributed by atoms with Crippen LogP contribution in [0.15, 0.2) is 72.8 Å². The smallest absolute Gasteiger partial charge is 0.251 e. The molecule has 0 radical (unpaired) electrons. The Bertz CT molecular complexity index is 947. The molecular weight excluding hydrogens is 384 g/mol. The second-order valence-electron chi connectivity index (χ2n) is 7.72. The van der Waals surface area contributed by atoms with Crippen molar-refractivity contribution in [3.8, 4) is 0 Å². The molecule has 1 amide bonds. The molecular formula is C25H23F2NO2. The van der Waals surface area contributed by atoms with Gasteiger partial charge in [0.2, 0.25) is 0 Å². The Balaban J connectivity index is 1.56. The van der Waals surface area contributed by atoms with Gasteiger partial charge in [0.25, 0.3) is 5.91 Å². The summed E-state index contributed by atoms with van der Waals surface area (Å²) < 4.78 is 33.0. The van der Waals surface area contributed by atoms with Crippen LogP contribution < -0.4 is 5.32 Å². The number of benzene rings is 3. The van der Waals surface area contributed by atoms with Crippen LogP contribution in [0, 0.1) is 18.6 Å². The fourth-order valence-electron chi connectivity index (χ4n) is 3.80. The van der Waals surface area contributed by atoms with E-state index in [0.717, 1.165) is 16.7 Å². The Morgan fingerprint density at radius 2 is 1.27 bits per heavy atom. The molecule has 0 aliphatic carbocycles. The largest absolute Gasteiger partial charge is 0.365 e. The zero-order valence-corrected chi connectivity index (χ0v) is 16.6. The van der Waals surface area contributed by atoms with Gasteiger partial charge in [0.15, 0.2) is 0 Å². The van der Waals surface area contributed by atoms with E-state index < -0.39 is 0 Å². The lowest BCUT2D eigenvalue weighted by Crippen LogP contribution is -2.40. The maximum absolute atomic E-state index is 13.4. The lowest BCUT2D eigenvalue weighted by Gasteiger charge is -2.36. The molecule has 5 heteroatoms. The van der Waals surface area contributed by atoms with Gasteiger partial charge in [-0.15, -0.1) is 0 Å². The first-order chi connectivity index (χ1) is 14.5. The number of amides is 1. The third-order valence-corrected chi connectivity index (χ3v) is 5.46. The van der Waals surface area contributed by atoms with Crippen molar-refractivity contribution in [2.24, 2.45) is 0 Å². The zero-order valence-electron chi connectivity index (χ0n) is 16.6. The molecule has 1 unspecified atom stereocenters. The highest BCUT2D eigenvalue weighted by atomic mass is 19.1. The van der Waals surface area contributed by atoms with Crippen LogP contribution in [0.5, 0.6) is 0 Å². The van der Waals surface area contributed by atoms with Gasteiger partial charge < -0.3 is 10.1 Å². The Morgan fingerprint density at radius 3 is 1.73 bits per heavy atom. The topological polar surface area (TPSA) is 38.3 Å². The number of hydrogen-bond donors (Lipinski definition) is 1. The van der Waals surface area contributed by atoms with Gasteiger partial charge in [-0.05, 0) is 67.3 Å². The van der Waals surface area contributed by atoms with E-state index in [1.54, 1.807) is 36.4 Å². The number of nitrogens with one attached hydrogen (secondary N) is 1. The Kier molecular flexibility index (Phi) is 5.91. The van der Waals surface area contributed by atoms with Crippen LogP contribution >= 0.6 is 0 Å². The summed E-state index contributed by atoms with van der Waals surface area (Å²) in [5, 5.41) is 3.11. The second kappa shape index (κ2) is 8.76. The van der Waals surface area contributed by atoms with Crippen molar-refractivity contribution < 1.29 is 18.3 Å². The van der Waals surface area contributed by atoms with E-state index in [1.165, 1.54) is 24.3 Å². The second-order valence-corrected chi connectivity index (χ2v) is 7.72. The molecule has 0 bridgehead atoms. The highest BCUT2D eigenvalue weighted by molar-refractivity contribution is 5.94. The minimum atomic E-state index is -0.311. The number of carbonyl (C=O) groups excluding carboxylic acids is 1. The summed E-state index contributed by atoms with van der Waals surface area (Å²) >= 11 is 0. The van der Waals surface area contributed by atoms with Crippen LogP contribution in [-0.4, -0.2) is 11.9 Å². The predicted molar refractivity (Wildman–Crippen MR) is 111 cm³/mol. The molecule has 3 aromatic carbocycles. The third-order valence-electron chi connectivity index (χ3n) is 5.46. The van der Waals surface area contributed by atoms with Crippen molar-refractivity contribution in [3.63, 3.8) is 0 Å². The van der Waals surface area contributed by atoms with E-state index in [0.29, 0.717) is 18.4 Å². The quantitative estimate of drug-likeness (QED) is 0.606. The maximum atomic E-state index is 13.4. The van der Waals surface area contributed by atoms with E-state index >= 15 is 0 Å². The van der Waals surface area contributed by atoms with E-state index in [-0.39, 0.29) is 35.8 Å². The van der Waals surface area contributed by atoms with Crippen LogP contribution in [0.3, 0.4) is 0 Å². The Labute approximate surface area is 174 Å². The van der Waals surface area contributed by atoms with E-state index in [2.05, 4.69) is 5.32 Å². The lowest BCUT2D eigenvalue weighted by atomic mass is 9.91. The van der Waals surface area contributed by atoms with Gasteiger partial charge in [0.1, 0.15) is 11.6 Å². The van der Waals surface area contributed by atoms with Crippen LogP contribution in [0.1, 0.15) is 52.1 Å². The number of hydrogen-bond acceptors (Lipinski definition) is 2. The zero-order chi connectivity index (χ0) is 21.1. The highest BCUT2D eigenvalue weighted by Gasteiger charge is 2.32. The normalized spacial score (nSPS) is 21.2. The molecule has 4 rings (SSSR count). The first-order valence-electron chi connectivity index (χ1n) is 10.0. The van der Waals surface area contributed by atoms with Crippen molar-refractivity contribution >= 4 is 5.91 Å². The number of ether oxygens (including phenoxy) is 1. The Hall–Kier alpha value is -3.05. The molecule has 30 heavy (non-hydrogen) atoms. The fraction of sp³-hybridized carbons (Fsp3) is 0.240. The average Bonchev–Trinajstić information content (AvgIpc) is 2.75. The van der Waals surface area contributed by atoms with Gasteiger partial charge in [-0.1, -0.05) is 42.0 Å². The van der Waals surface area contributed by atoms with Crippen molar-refractivity contribution in [3.05, 3.63) is 107 Å². The van der Waals surface area contributed by atoms with Crippen LogP contribution in [0.4, 0.5) is 8.78 Å². The van der Waals surface area contributed by atoms with Gasteiger partial charge in [0, 0.05) is 11.6 Å². The summed E-state index contributed by atoms with van der Waals surface area (Å²) in [4.78, 5) is 12.7. The molecule has 3 atom stereocenters. The van der Waals surface area contributed by atoms with Gasteiger partial charge in [0.05, 0.1) is 12.2 Å². The molecule has 0 aromatic heterocycles. The molecule has 0 spiro atoms. The summed E-state index contributed by atoms with van der Waals surface area (Å²) in [6.45, 7) is 1.97. The van der Waals surface area contributed by atoms with Crippen LogP contribution in [-0.2, 0) is 4.74 Å². The molecule has 1 aliphatic heterocycles. The van der Waals surface area contributed by atoms with E-state index in [1.807, 2.05) is 19.1 Å². The number of aryl methyl sites for hydroxylation is 1. The summed E-state index contributed by atoms with van der Waals surface area (Å²) in [5.41, 5.74) is 3.38. The minimum Gasteiger partial charge on any atom is -0.365 e. The van der Waals surface area contributed by atoms with Gasteiger partial charge >= 0.3 is 0 Å². The van der Waals surface area contributed by atoms with Gasteiger partial charge in [-0.3, -0.25) is 4.79 Å². The summed E-state index contributed by atoms with van der Waals surface area (Å²) in [5.74, 6) is -0.764. The molecule has 1 aliphatic rings. The third kappa shape index (κ3) is 4.74. The van der Waals surface area contributed by atoms with Crippen LogP contribution in [0.25, 0.3) is 0 Å².